The Morgan fingerprint density at radius 2 is 0.866 bits per heavy atom. The molecule has 44 nitrogen and oxygen atoms in total. The number of aliphatic hydroxyl groups is 13. The maximum absolute atomic E-state index is 13.9. The Hall–Kier alpha value is -0.486. The summed E-state index contributed by atoms with van der Waals surface area (Å²) in [5.41, 5.74) is 0. The summed E-state index contributed by atoms with van der Waals surface area (Å²) in [6.07, 6.45) is -36.0. The predicted octanol–water partition coefficient (Wildman–Crippen LogP) is -7.91. The van der Waals surface area contributed by atoms with Gasteiger partial charge in [0.15, 0.2) is 94.2 Å². The molecule has 13 saturated heterocycles. The molecular weight excluding hydrogens is 2210 g/mol. The van der Waals surface area contributed by atoms with Crippen molar-refractivity contribution >= 4 is 119 Å². The van der Waals surface area contributed by atoms with Crippen molar-refractivity contribution in [1.29, 1.82) is 0 Å². The molecule has 798 valence electrons. The molecule has 0 spiro atoms. The number of carbonyl (C=O) groups excluding carboxylic acids is 6. The van der Waals surface area contributed by atoms with Crippen molar-refractivity contribution in [2.75, 3.05) is 91.6 Å². The van der Waals surface area contributed by atoms with Crippen molar-refractivity contribution in [2.45, 2.75) is 333 Å². The number of carbonyl (C=O) groups is 6. The number of esters is 3. The third-order valence-corrected chi connectivity index (χ3v) is 18.7. The second-order valence-electron chi connectivity index (χ2n) is 29.7. The van der Waals surface area contributed by atoms with E-state index in [-0.39, 0.29) is 141 Å². The van der Waals surface area contributed by atoms with Gasteiger partial charge in [-0.3, -0.25) is 42.5 Å². The zero-order chi connectivity index (χ0) is 98.7. The summed E-state index contributed by atoms with van der Waals surface area (Å²) in [7, 11) is 2.59. The molecule has 5 unspecified atom stereocenters. The molecule has 13 heterocycles. The molecule has 13 rings (SSSR count). The molecule has 32 atom stereocenters. The van der Waals surface area contributed by atoms with Crippen LogP contribution in [0.15, 0.2) is 0 Å². The van der Waals surface area contributed by atoms with Crippen molar-refractivity contribution in [2.24, 2.45) is 5.92 Å². The largest absolute Gasteiger partial charge is 1.00 e. The molecular formula is C73H135Cl4F8I2NaO44Si2. The second kappa shape index (κ2) is 66.6. The van der Waals surface area contributed by atoms with Crippen LogP contribution >= 0.6 is 68.5 Å². The summed E-state index contributed by atoms with van der Waals surface area (Å²) in [5, 5.41) is 116. The van der Waals surface area contributed by atoms with Crippen LogP contribution in [-0.2, 0) is 128 Å². The van der Waals surface area contributed by atoms with E-state index >= 15 is 0 Å². The number of aliphatic hydroxyl groups excluding tert-OH is 13. The van der Waals surface area contributed by atoms with E-state index in [1.54, 1.807) is 0 Å². The zero-order valence-electron chi connectivity index (χ0n) is 71.6. The average Bonchev–Trinajstić information content (AvgIpc) is 1.57. The Balaban J connectivity index is -0.000000267. The van der Waals surface area contributed by atoms with Gasteiger partial charge >= 0.3 is 71.2 Å². The Labute approximate surface area is 836 Å². The van der Waals surface area contributed by atoms with Crippen LogP contribution in [0.3, 0.4) is 0 Å². The average molecular weight is 2340 g/mol. The predicted molar refractivity (Wildman–Crippen MR) is 449 cm³/mol. The van der Waals surface area contributed by atoms with E-state index in [0.717, 1.165) is 20.8 Å². The molecule has 0 aromatic carbocycles. The zero-order valence-corrected chi connectivity index (χ0v) is 82.9. The minimum absolute atomic E-state index is 0. The second-order valence-corrected chi connectivity index (χ2v) is 45.2. The first-order valence-electron chi connectivity index (χ1n) is 37.2. The molecule has 0 saturated carbocycles. The van der Waals surface area contributed by atoms with Gasteiger partial charge in [0.25, 0.3) is 6.29 Å². The minimum Gasteiger partial charge on any atom is -0.463 e. The van der Waals surface area contributed by atoms with E-state index in [4.69, 9.17) is 170 Å². The Kier molecular flexibility index (Phi) is 72.8. The van der Waals surface area contributed by atoms with Gasteiger partial charge < -0.3 is 166 Å². The number of hydrogen-bond acceptors (Lipinski definition) is 44. The maximum atomic E-state index is 13.9. The van der Waals surface area contributed by atoms with Gasteiger partial charge in [-0.25, -0.2) is 17.6 Å². The van der Waals surface area contributed by atoms with Gasteiger partial charge in [0.1, 0.15) is 120 Å². The van der Waals surface area contributed by atoms with Crippen LogP contribution in [0.5, 0.6) is 0 Å². The van der Waals surface area contributed by atoms with Gasteiger partial charge in [-0.05, 0) is 36.2 Å². The van der Waals surface area contributed by atoms with E-state index in [1.165, 1.54) is 35.4 Å². The molecule has 10 bridgehead atoms. The number of hydrogen-bond donors (Lipinski definition) is 13. The molecule has 0 amide bonds. The number of fused-ring (bicyclic) bond motifs is 10. The van der Waals surface area contributed by atoms with E-state index in [1.807, 2.05) is 11.9 Å². The Morgan fingerprint density at radius 3 is 1.30 bits per heavy atom. The number of halogens is 14. The fourth-order valence-corrected chi connectivity index (χ4v) is 13.1. The summed E-state index contributed by atoms with van der Waals surface area (Å²) >= 11 is 16.0. The van der Waals surface area contributed by atoms with Gasteiger partial charge in [-0.1, -0.05) is 93.7 Å². The SMILES string of the molecule is C.C.C.C.C.C.CC(=O)Cl.CC(=O)OC[C@H]1O[C@H](OC(C)=O)C(F)(F)C1OC(C)=O.CI.CO[C@@H]1C(=O)[C@H](OC)[C@H]2CO[C@@H]1O2.CO[C@@H]1[C@H]2CO[C@H](O2)[C@H](OC)C1(F)F.C[C@H]1[C@@H]2OC[C@@H](O2)[C@@H](O[Si](C)(C)C)[C@@H]1O.C[Si](C)(C)Cl.ClCCl.O=C1[C@@H](O)[C@@H]2OC[C@@H](O2)[C@H]1O.OCC1OC(O)[C@H](O)C(F)(F)[C@@H]1O.OC[C@H]1OC(O)C(F)(F)C1O.O[C@@H]1[C@@H](O)[C@@H]2OC[C@@H](O2)[C@H]1O.[Na+].[O-][I+3]([O-])([O-])[O-]. The van der Waals surface area contributed by atoms with E-state index in [9.17, 15) is 79.2 Å². The summed E-state index contributed by atoms with van der Waals surface area (Å²) in [6, 6.07) is 0. The Morgan fingerprint density at radius 1 is 0.470 bits per heavy atom. The molecule has 0 aromatic rings. The molecule has 134 heavy (non-hydrogen) atoms. The number of methoxy groups -OCH3 is 4. The molecule has 0 aromatic heterocycles. The summed E-state index contributed by atoms with van der Waals surface area (Å²) in [6.45, 7) is 18.1. The van der Waals surface area contributed by atoms with Crippen molar-refractivity contribution < 1.29 is 293 Å². The van der Waals surface area contributed by atoms with E-state index in [0.29, 0.717) is 13.2 Å². The van der Waals surface area contributed by atoms with Crippen molar-refractivity contribution in [3.05, 3.63) is 0 Å². The number of ketones is 2. The number of alkyl halides is 11. The summed E-state index contributed by atoms with van der Waals surface area (Å²) in [5.74, 6) is -17.8. The molecule has 13 aliphatic rings. The van der Waals surface area contributed by atoms with Gasteiger partial charge in [0.05, 0.1) is 63.8 Å². The van der Waals surface area contributed by atoms with Gasteiger partial charge in [-0.15, -0.1) is 23.2 Å². The fraction of sp³-hybridized carbons (Fsp3) is 0.918. The van der Waals surface area contributed by atoms with Crippen LogP contribution in [-0.4, -0.2) is 423 Å². The first-order valence-corrected chi connectivity index (χ1v) is 52.3. The third-order valence-electron chi connectivity index (χ3n) is 17.7. The van der Waals surface area contributed by atoms with Crippen LogP contribution in [0.1, 0.15) is 79.2 Å². The van der Waals surface area contributed by atoms with E-state index < -0.39 is 269 Å². The summed E-state index contributed by atoms with van der Waals surface area (Å²) in [4.78, 5) is 66.1. The number of ether oxygens (including phenoxy) is 20. The molecule has 61 heteroatoms. The van der Waals surface area contributed by atoms with Crippen LogP contribution in [0.2, 0.25) is 39.3 Å². The smallest absolute Gasteiger partial charge is 0.463 e. The van der Waals surface area contributed by atoms with Gasteiger partial charge in [0.2, 0.25) is 17.6 Å². The first-order chi connectivity index (χ1) is 58.4. The standard InChI is InChI=1S/C11H14F2O7.C10H20O4Si.C8H12F2O4.C8H12O5.C6H10F2O5.C6H10O5.C6H8O5.C5H8F2O4.C3H9ClSi.C2H3ClO.CH2Cl2.CH3I.6CH4.IO4.Na/c1-5(14)17-4-8-9(18-6(2)15)11(12,13)10(20-8)19-7(3)16;1-6-8(11)9(14-15(2,3)4)7-5-12-10(6)13-7;1-11-5-4-3-13-7(14-4)6(12-2)8(5,9)10;1-10-6-4-3-12-8(13-4)7(11-2)5(6)9;7-6(8)3(10)2(1-9)13-5(12)4(6)11;2*7-3-2-1-10-6(11-2)5(9)4(3)8;6-5(7)3(9)2(1-8)11-4(5)10;1-5(2,3)4;1-2(3)4;2-1-3;1-2;;;;;;;2-1(3,4)5;/h8-10H,4H2,1-3H3;6-11H,5H2,1-4H3;4-7H,3H2,1-2H3;4,6-8H,3H2,1-2H3;2-5,9-12H,1H2;2-9H,1H2;2-3,5-7,9H,1H2;2-4,8-10H,1H2;1-3H3;1H3;1H2;1H3;6*1H4;;/q;;;;;;;;;;;;;;;;;;-1;+1/t8-,9?,10+;6-,7-,8-,9-,10-;4-,5-,6+,7-;4-,6-,7-,8-;2?,3-,4+,5?;2-,3-,4+,5-,6-;2-,3-,5-,6-;2-,3?,4?;;;;;;;;;;;;/m11111111............/s1. The normalized spacial score (nSPS) is 36.1. The van der Waals surface area contributed by atoms with Crippen molar-refractivity contribution in [3.63, 3.8) is 0 Å². The van der Waals surface area contributed by atoms with Crippen molar-refractivity contribution in [3.8, 4) is 0 Å². The first kappa shape index (κ1) is 146. The number of rotatable bonds is 12. The molecule has 0 radical (unpaired) electrons. The third kappa shape index (κ3) is 45.2. The fourth-order valence-electron chi connectivity index (χ4n) is 12.0. The summed E-state index contributed by atoms with van der Waals surface area (Å²) < 4.78 is 244. The van der Waals surface area contributed by atoms with Crippen LogP contribution in [0.4, 0.5) is 35.1 Å². The van der Waals surface area contributed by atoms with Crippen LogP contribution in [0, 0.1) is 5.92 Å². The van der Waals surface area contributed by atoms with Gasteiger partial charge in [-0.2, -0.15) is 28.6 Å². The minimum atomic E-state index is -5.94. The topological polar surface area (TPSA) is 651 Å². The molecule has 0 aliphatic carbocycles. The maximum Gasteiger partial charge on any atom is 1.00 e. The monoisotopic (exact) mass is 2340 g/mol. The number of Topliss-reactive ketones (excluding diaryl/α,β-unsaturated/α-hetero) is 2. The van der Waals surface area contributed by atoms with Crippen molar-refractivity contribution in [1.82, 2.24) is 0 Å². The van der Waals surface area contributed by atoms with Crippen LogP contribution in [0.25, 0.3) is 0 Å². The molecule has 13 N–H and O–H groups in total. The molecule has 13 fully saturated rings. The Bertz CT molecular complexity index is 3170. The van der Waals surface area contributed by atoms with E-state index in [2.05, 4.69) is 102 Å². The molecule has 13 aliphatic heterocycles. The van der Waals surface area contributed by atoms with Crippen LogP contribution < -0.4 is 63.4 Å². The van der Waals surface area contributed by atoms with Gasteiger partial charge in [0, 0.05) is 62.1 Å². The quantitative estimate of drug-likeness (QED) is 0.0126.